The molecule has 4 heteroatoms. The average molecular weight is 532 g/mol. The maximum absolute atomic E-state index is 13.5. The molecular formula is C22H23HgN2O. The van der Waals surface area contributed by atoms with Crippen molar-refractivity contribution < 1.29 is 26.1 Å². The quantitative estimate of drug-likeness (QED) is 0.456. The van der Waals surface area contributed by atoms with E-state index in [2.05, 4.69) is 38.1 Å². The van der Waals surface area contributed by atoms with Gasteiger partial charge in [-0.1, -0.05) is 0 Å². The summed E-state index contributed by atoms with van der Waals surface area (Å²) in [6.07, 6.45) is 2.56. The molecule has 3 aromatic rings. The van der Waals surface area contributed by atoms with Crippen molar-refractivity contribution in [3.05, 3.63) is 93.4 Å². The molecule has 0 radical (unpaired) electrons. The first kappa shape index (κ1) is 19.0. The Labute approximate surface area is 171 Å². The summed E-state index contributed by atoms with van der Waals surface area (Å²) in [4.78, 5) is 18.4. The predicted octanol–water partition coefficient (Wildman–Crippen LogP) is 3.57. The Morgan fingerprint density at radius 2 is 1.50 bits per heavy atom. The zero-order valence-electron chi connectivity index (χ0n) is 15.5. The molecule has 0 aliphatic rings. The second-order valence-electron chi connectivity index (χ2n) is 6.46. The van der Waals surface area contributed by atoms with E-state index in [1.807, 2.05) is 41.0 Å². The van der Waals surface area contributed by atoms with E-state index in [9.17, 15) is 4.79 Å². The molecule has 0 atom stereocenters. The van der Waals surface area contributed by atoms with Gasteiger partial charge in [0.15, 0.2) is 0 Å². The van der Waals surface area contributed by atoms with Crippen LogP contribution in [0.15, 0.2) is 65.5 Å². The first-order valence-corrected chi connectivity index (χ1v) is 12.0. The summed E-state index contributed by atoms with van der Waals surface area (Å²) in [6.45, 7) is 4.21. The minimum atomic E-state index is -0.119. The van der Waals surface area contributed by atoms with Crippen molar-refractivity contribution in [1.82, 2.24) is 9.55 Å². The van der Waals surface area contributed by atoms with Crippen LogP contribution < -0.4 is 8.89 Å². The van der Waals surface area contributed by atoms with Crippen molar-refractivity contribution in [1.29, 1.82) is 0 Å². The van der Waals surface area contributed by atoms with Gasteiger partial charge in [-0.2, -0.15) is 0 Å². The van der Waals surface area contributed by atoms with E-state index in [1.54, 1.807) is 0 Å². The number of hydrogen-bond donors (Lipinski definition) is 0. The second-order valence-corrected chi connectivity index (χ2v) is 8.91. The Hall–Kier alpha value is -1.74. The molecule has 0 fully saturated rings. The maximum atomic E-state index is 13.5. The molecule has 3 nitrogen and oxygen atoms in total. The number of aryl methyl sites for hydroxylation is 1. The second kappa shape index (κ2) is 8.76. The number of aromatic nitrogens is 2. The molecule has 0 N–H and O–H groups in total. The fraction of sp³-hybridized carbons (Fsp3) is 0.273. The molecule has 0 amide bonds. The fourth-order valence-electron chi connectivity index (χ4n) is 3.48. The van der Waals surface area contributed by atoms with Crippen LogP contribution in [0.5, 0.6) is 0 Å². The van der Waals surface area contributed by atoms with Crippen LogP contribution in [-0.2, 0) is 39.0 Å². The molecule has 26 heavy (non-hydrogen) atoms. The zero-order valence-corrected chi connectivity index (χ0v) is 21.0. The Bertz CT molecular complexity index is 881. The van der Waals surface area contributed by atoms with Gasteiger partial charge in [-0.25, -0.2) is 0 Å². The summed E-state index contributed by atoms with van der Waals surface area (Å²) in [5.41, 5.74) is 4.27. The number of rotatable bonds is 6. The van der Waals surface area contributed by atoms with E-state index in [0.29, 0.717) is 0 Å². The van der Waals surface area contributed by atoms with E-state index in [-0.39, 0.29) is 37.7 Å². The summed E-state index contributed by atoms with van der Waals surface area (Å²) in [5, 5.41) is 0. The molecule has 0 unspecified atom stereocenters. The Morgan fingerprint density at radius 1 is 0.962 bits per heavy atom. The molecule has 0 bridgehead atoms. The van der Waals surface area contributed by atoms with Crippen LogP contribution >= 0.6 is 0 Å². The van der Waals surface area contributed by atoms with Gasteiger partial charge in [0.05, 0.1) is 0 Å². The summed E-state index contributed by atoms with van der Waals surface area (Å²) in [6, 6.07) is 20.5. The van der Waals surface area contributed by atoms with Gasteiger partial charge in [0, 0.05) is 0 Å². The molecule has 129 valence electrons. The molecule has 2 aromatic carbocycles. The van der Waals surface area contributed by atoms with Crippen molar-refractivity contribution >= 4 is 3.33 Å². The van der Waals surface area contributed by atoms with E-state index in [4.69, 9.17) is 4.98 Å². The van der Waals surface area contributed by atoms with Gasteiger partial charge in [0.25, 0.3) is 0 Å². The zero-order chi connectivity index (χ0) is 18.5. The molecule has 1 aromatic heterocycles. The third-order valence-corrected chi connectivity index (χ3v) is 6.63. The van der Waals surface area contributed by atoms with E-state index >= 15 is 0 Å². The molecule has 3 rings (SSSR count). The van der Waals surface area contributed by atoms with Crippen LogP contribution in [0.25, 0.3) is 0 Å². The first-order valence-electron chi connectivity index (χ1n) is 9.23. The normalized spacial score (nSPS) is 11.1. The fourth-order valence-corrected chi connectivity index (χ4v) is 5.49. The molecule has 0 spiro atoms. The van der Waals surface area contributed by atoms with E-state index in [1.165, 1.54) is 0 Å². The van der Waals surface area contributed by atoms with Gasteiger partial charge in [-0.15, -0.1) is 0 Å². The van der Waals surface area contributed by atoms with Crippen LogP contribution in [0, 0.1) is 0 Å². The molecule has 0 aliphatic heterocycles. The summed E-state index contributed by atoms with van der Waals surface area (Å²) in [5.74, 6) is 0. The average Bonchev–Trinajstić information content (AvgIpc) is 2.68. The van der Waals surface area contributed by atoms with Gasteiger partial charge < -0.3 is 0 Å². The summed E-state index contributed by atoms with van der Waals surface area (Å²) >= 11 is 0.248. The minimum absolute atomic E-state index is 0.119. The third kappa shape index (κ3) is 3.83. The van der Waals surface area contributed by atoms with Crippen LogP contribution in [-0.4, -0.2) is 9.55 Å². The summed E-state index contributed by atoms with van der Waals surface area (Å²) < 4.78 is 2.92. The molecular weight excluding hydrogens is 509 g/mol. The van der Waals surface area contributed by atoms with Gasteiger partial charge in [0.2, 0.25) is 0 Å². The van der Waals surface area contributed by atoms with Crippen molar-refractivity contribution in [2.75, 3.05) is 0 Å². The molecule has 1 heterocycles. The van der Waals surface area contributed by atoms with Gasteiger partial charge in [0.1, 0.15) is 0 Å². The predicted molar refractivity (Wildman–Crippen MR) is 102 cm³/mol. The summed E-state index contributed by atoms with van der Waals surface area (Å²) in [7, 11) is 0. The van der Waals surface area contributed by atoms with Gasteiger partial charge in [-0.05, 0) is 0 Å². The van der Waals surface area contributed by atoms with Crippen molar-refractivity contribution in [3.63, 3.8) is 0 Å². The standard InChI is InChI=1S/C22H23N2O.Hg/c1-3-11-19-20(4-2)23-16-24(22(19)25)21(17-12-7-5-8-13-17)18-14-9-6-10-15-18;/h5-10,12-15,21H,3-4,11H2,1-2H3;. The van der Waals surface area contributed by atoms with Crippen molar-refractivity contribution in [3.8, 4) is 0 Å². The Balaban J connectivity index is 2.29. The monoisotopic (exact) mass is 533 g/mol. The van der Waals surface area contributed by atoms with E-state index < -0.39 is 0 Å². The first-order chi connectivity index (χ1) is 12.7. The topological polar surface area (TPSA) is 34.9 Å². The molecule has 0 aliphatic carbocycles. The molecule has 0 saturated carbocycles. The van der Waals surface area contributed by atoms with Crippen LogP contribution in [0.3, 0.4) is 0 Å². The van der Waals surface area contributed by atoms with Crippen molar-refractivity contribution in [2.24, 2.45) is 0 Å². The SMILES string of the molecule is CCCc1c(CC)n[c]([Hg])n(C(c2ccccc2)c2ccccc2)c1=O. The van der Waals surface area contributed by atoms with Gasteiger partial charge in [-0.3, -0.25) is 0 Å². The Kier molecular flexibility index (Phi) is 6.41. The van der Waals surface area contributed by atoms with Gasteiger partial charge >= 0.3 is 172 Å². The number of hydrogen-bond acceptors (Lipinski definition) is 2. The van der Waals surface area contributed by atoms with Crippen molar-refractivity contribution in [2.45, 2.75) is 39.2 Å². The van der Waals surface area contributed by atoms with Crippen LogP contribution in [0.4, 0.5) is 0 Å². The van der Waals surface area contributed by atoms with Crippen LogP contribution in [0.1, 0.15) is 48.7 Å². The number of nitrogens with zero attached hydrogens (tertiary/aromatic N) is 2. The Morgan fingerprint density at radius 3 is 1.96 bits per heavy atom. The number of benzene rings is 2. The molecule has 0 saturated heterocycles. The van der Waals surface area contributed by atoms with E-state index in [0.717, 1.165) is 45.0 Å². The van der Waals surface area contributed by atoms with Crippen LogP contribution in [0.2, 0.25) is 0 Å². The third-order valence-electron chi connectivity index (χ3n) is 4.69.